The Hall–Kier alpha value is -2.10. The highest BCUT2D eigenvalue weighted by Crippen LogP contribution is 2.15. The van der Waals surface area contributed by atoms with Crippen molar-refractivity contribution in [1.82, 2.24) is 9.97 Å². The molecule has 19 heavy (non-hydrogen) atoms. The van der Waals surface area contributed by atoms with Gasteiger partial charge in [-0.15, -0.1) is 0 Å². The van der Waals surface area contributed by atoms with Gasteiger partial charge < -0.3 is 10.6 Å². The number of anilines is 3. The summed E-state index contributed by atoms with van der Waals surface area (Å²) in [6, 6.07) is 11.9. The molecule has 4 nitrogen and oxygen atoms in total. The van der Waals surface area contributed by atoms with E-state index < -0.39 is 0 Å². The first-order valence-corrected chi connectivity index (χ1v) is 6.55. The molecule has 0 fully saturated rings. The van der Waals surface area contributed by atoms with Crippen LogP contribution in [0.25, 0.3) is 0 Å². The molecule has 0 aliphatic heterocycles. The largest absolute Gasteiger partial charge is 0.370 e. The average molecular weight is 256 g/mol. The number of nitrogens with one attached hydrogen (secondary N) is 2. The molecule has 4 heteroatoms. The van der Waals surface area contributed by atoms with Gasteiger partial charge in [0.25, 0.3) is 0 Å². The van der Waals surface area contributed by atoms with E-state index in [1.807, 2.05) is 43.3 Å². The molecule has 1 aromatic heterocycles. The number of aromatic nitrogens is 2. The molecule has 0 bridgehead atoms. The van der Waals surface area contributed by atoms with Gasteiger partial charge in [0.2, 0.25) is 5.95 Å². The topological polar surface area (TPSA) is 49.8 Å². The van der Waals surface area contributed by atoms with Crippen LogP contribution in [0.15, 0.2) is 36.4 Å². The molecule has 0 saturated heterocycles. The van der Waals surface area contributed by atoms with Crippen molar-refractivity contribution in [2.24, 2.45) is 5.92 Å². The van der Waals surface area contributed by atoms with Crippen LogP contribution in [-0.4, -0.2) is 16.5 Å². The Morgan fingerprint density at radius 1 is 1.11 bits per heavy atom. The maximum atomic E-state index is 4.47. The van der Waals surface area contributed by atoms with E-state index in [0.29, 0.717) is 11.9 Å². The smallest absolute Gasteiger partial charge is 0.229 e. The number of hydrogen-bond donors (Lipinski definition) is 2. The van der Waals surface area contributed by atoms with Crippen LogP contribution in [0.1, 0.15) is 19.5 Å². The molecule has 1 aromatic carbocycles. The zero-order valence-corrected chi connectivity index (χ0v) is 11.6. The maximum Gasteiger partial charge on any atom is 0.229 e. The van der Waals surface area contributed by atoms with Gasteiger partial charge in [-0.3, -0.25) is 0 Å². The van der Waals surface area contributed by atoms with Crippen LogP contribution in [-0.2, 0) is 0 Å². The summed E-state index contributed by atoms with van der Waals surface area (Å²) in [4.78, 5) is 8.86. The average Bonchev–Trinajstić information content (AvgIpc) is 2.37. The van der Waals surface area contributed by atoms with Gasteiger partial charge in [-0.05, 0) is 25.0 Å². The van der Waals surface area contributed by atoms with Gasteiger partial charge in [0, 0.05) is 24.0 Å². The Kier molecular flexibility index (Phi) is 4.34. The van der Waals surface area contributed by atoms with Gasteiger partial charge in [-0.2, -0.15) is 4.98 Å². The third-order valence-corrected chi connectivity index (χ3v) is 2.58. The normalized spacial score (nSPS) is 10.5. The number of benzene rings is 1. The summed E-state index contributed by atoms with van der Waals surface area (Å²) >= 11 is 0. The second kappa shape index (κ2) is 6.18. The predicted molar refractivity (Wildman–Crippen MR) is 79.8 cm³/mol. The number of rotatable bonds is 5. The van der Waals surface area contributed by atoms with E-state index in [9.17, 15) is 0 Å². The standard InChI is InChI=1S/C15H20N4/c1-11(2)10-16-14-9-12(3)17-15(19-14)18-13-7-5-4-6-8-13/h4-9,11H,10H2,1-3H3,(H2,16,17,18,19). The van der Waals surface area contributed by atoms with Crippen molar-refractivity contribution in [3.63, 3.8) is 0 Å². The lowest BCUT2D eigenvalue weighted by atomic mass is 10.2. The van der Waals surface area contributed by atoms with Gasteiger partial charge in [-0.1, -0.05) is 32.0 Å². The Morgan fingerprint density at radius 2 is 1.84 bits per heavy atom. The predicted octanol–water partition coefficient (Wildman–Crippen LogP) is 3.60. The van der Waals surface area contributed by atoms with E-state index in [1.54, 1.807) is 0 Å². The highest BCUT2D eigenvalue weighted by molar-refractivity contribution is 5.54. The van der Waals surface area contributed by atoms with Crippen molar-refractivity contribution >= 4 is 17.5 Å². The van der Waals surface area contributed by atoms with Crippen molar-refractivity contribution < 1.29 is 0 Å². The quantitative estimate of drug-likeness (QED) is 0.858. The van der Waals surface area contributed by atoms with Crippen LogP contribution in [0.3, 0.4) is 0 Å². The van der Waals surface area contributed by atoms with Crippen molar-refractivity contribution in [3.8, 4) is 0 Å². The minimum Gasteiger partial charge on any atom is -0.370 e. The molecule has 0 spiro atoms. The van der Waals surface area contributed by atoms with Crippen molar-refractivity contribution in [3.05, 3.63) is 42.1 Å². The minimum atomic E-state index is 0.584. The summed E-state index contributed by atoms with van der Waals surface area (Å²) in [5.41, 5.74) is 1.93. The van der Waals surface area contributed by atoms with E-state index in [4.69, 9.17) is 0 Å². The molecule has 2 aromatic rings. The van der Waals surface area contributed by atoms with Crippen LogP contribution in [0.4, 0.5) is 17.5 Å². The van der Waals surface area contributed by atoms with Crippen LogP contribution in [0.5, 0.6) is 0 Å². The third kappa shape index (κ3) is 4.25. The SMILES string of the molecule is Cc1cc(NCC(C)C)nc(Nc2ccccc2)n1. The zero-order valence-electron chi connectivity index (χ0n) is 11.6. The fraction of sp³-hybridized carbons (Fsp3) is 0.333. The molecule has 1 heterocycles. The number of nitrogens with zero attached hydrogens (tertiary/aromatic N) is 2. The highest BCUT2D eigenvalue weighted by Gasteiger charge is 2.03. The van der Waals surface area contributed by atoms with Crippen molar-refractivity contribution in [1.29, 1.82) is 0 Å². The molecule has 0 atom stereocenters. The summed E-state index contributed by atoms with van der Waals surface area (Å²) in [7, 11) is 0. The van der Waals surface area contributed by atoms with Gasteiger partial charge in [0.05, 0.1) is 0 Å². The number of hydrogen-bond acceptors (Lipinski definition) is 4. The van der Waals surface area contributed by atoms with Crippen LogP contribution >= 0.6 is 0 Å². The Labute approximate surface area is 114 Å². The van der Waals surface area contributed by atoms with Gasteiger partial charge in [-0.25, -0.2) is 4.98 Å². The highest BCUT2D eigenvalue weighted by atomic mass is 15.1. The lowest BCUT2D eigenvalue weighted by molar-refractivity contribution is 0.687. The molecule has 0 aliphatic carbocycles. The first-order valence-electron chi connectivity index (χ1n) is 6.55. The van der Waals surface area contributed by atoms with Crippen LogP contribution in [0.2, 0.25) is 0 Å². The van der Waals surface area contributed by atoms with E-state index >= 15 is 0 Å². The summed E-state index contributed by atoms with van der Waals surface area (Å²) < 4.78 is 0. The first kappa shape index (κ1) is 13.3. The summed E-state index contributed by atoms with van der Waals surface area (Å²) in [5.74, 6) is 2.07. The molecule has 2 rings (SSSR count). The summed E-state index contributed by atoms with van der Waals surface area (Å²) in [6.45, 7) is 7.22. The van der Waals surface area contributed by atoms with E-state index in [1.165, 1.54) is 0 Å². The maximum absolute atomic E-state index is 4.47. The lowest BCUT2D eigenvalue weighted by Crippen LogP contribution is -2.10. The van der Waals surface area contributed by atoms with Gasteiger partial charge in [0.1, 0.15) is 5.82 Å². The second-order valence-corrected chi connectivity index (χ2v) is 4.98. The molecular weight excluding hydrogens is 236 g/mol. The van der Waals surface area contributed by atoms with E-state index in [-0.39, 0.29) is 0 Å². The molecule has 2 N–H and O–H groups in total. The molecule has 100 valence electrons. The van der Waals surface area contributed by atoms with Crippen LogP contribution < -0.4 is 10.6 Å². The van der Waals surface area contributed by atoms with Gasteiger partial charge >= 0.3 is 0 Å². The molecule has 0 unspecified atom stereocenters. The minimum absolute atomic E-state index is 0.584. The molecular formula is C15H20N4. The lowest BCUT2D eigenvalue weighted by Gasteiger charge is -2.11. The van der Waals surface area contributed by atoms with E-state index in [2.05, 4.69) is 34.4 Å². The van der Waals surface area contributed by atoms with Crippen molar-refractivity contribution in [2.75, 3.05) is 17.2 Å². The monoisotopic (exact) mass is 256 g/mol. The first-order chi connectivity index (χ1) is 9.13. The van der Waals surface area contributed by atoms with Crippen molar-refractivity contribution in [2.45, 2.75) is 20.8 Å². The fourth-order valence-corrected chi connectivity index (χ4v) is 1.67. The molecule has 0 radical (unpaired) electrons. The zero-order chi connectivity index (χ0) is 13.7. The summed E-state index contributed by atoms with van der Waals surface area (Å²) in [5, 5.41) is 6.53. The van der Waals surface area contributed by atoms with Crippen LogP contribution in [0, 0.1) is 12.8 Å². The molecule has 0 amide bonds. The third-order valence-electron chi connectivity index (χ3n) is 2.58. The van der Waals surface area contributed by atoms with E-state index in [0.717, 1.165) is 23.7 Å². The summed E-state index contributed by atoms with van der Waals surface area (Å²) in [6.07, 6.45) is 0. The second-order valence-electron chi connectivity index (χ2n) is 4.98. The molecule has 0 aliphatic rings. The number of para-hydroxylation sites is 1. The Morgan fingerprint density at radius 3 is 2.53 bits per heavy atom. The Bertz CT molecular complexity index is 523. The fourth-order valence-electron chi connectivity index (χ4n) is 1.67. The molecule has 0 saturated carbocycles. The van der Waals surface area contributed by atoms with Gasteiger partial charge in [0.15, 0.2) is 0 Å². The Balaban J connectivity index is 2.12. The number of aryl methyl sites for hydroxylation is 1.